The highest BCUT2D eigenvalue weighted by atomic mass is 16.5. The minimum atomic E-state index is 0.350. The zero-order chi connectivity index (χ0) is 15.1. The van der Waals surface area contributed by atoms with Crippen LogP contribution in [0.2, 0.25) is 0 Å². The molecule has 3 nitrogen and oxygen atoms in total. The second kappa shape index (κ2) is 8.50. The molecular formula is C18H36N2O. The molecule has 0 aromatic heterocycles. The smallest absolute Gasteiger partial charge is 0.0546 e. The molecular weight excluding hydrogens is 260 g/mol. The molecule has 2 rings (SSSR count). The number of hydrogen-bond donors (Lipinski definition) is 1. The lowest BCUT2D eigenvalue weighted by atomic mass is 9.81. The van der Waals surface area contributed by atoms with Gasteiger partial charge in [0.15, 0.2) is 0 Å². The van der Waals surface area contributed by atoms with E-state index in [-0.39, 0.29) is 0 Å². The summed E-state index contributed by atoms with van der Waals surface area (Å²) in [6.07, 6.45) is 7.92. The van der Waals surface area contributed by atoms with Crippen LogP contribution in [0, 0.1) is 11.3 Å². The highest BCUT2D eigenvalue weighted by molar-refractivity contribution is 4.91. The average Bonchev–Trinajstić information content (AvgIpc) is 3.35. The molecule has 124 valence electrons. The molecule has 1 saturated heterocycles. The summed E-state index contributed by atoms with van der Waals surface area (Å²) in [7, 11) is 0. The van der Waals surface area contributed by atoms with Crippen LogP contribution in [0.5, 0.6) is 0 Å². The van der Waals surface area contributed by atoms with Crippen molar-refractivity contribution >= 4 is 0 Å². The van der Waals surface area contributed by atoms with Gasteiger partial charge in [0.2, 0.25) is 0 Å². The van der Waals surface area contributed by atoms with Crippen molar-refractivity contribution in [3.05, 3.63) is 0 Å². The Hall–Kier alpha value is -0.120. The molecule has 1 N–H and O–H groups in total. The molecule has 1 saturated carbocycles. The van der Waals surface area contributed by atoms with Gasteiger partial charge in [0.25, 0.3) is 0 Å². The van der Waals surface area contributed by atoms with Gasteiger partial charge < -0.3 is 15.0 Å². The molecule has 0 spiro atoms. The van der Waals surface area contributed by atoms with Gasteiger partial charge in [-0.25, -0.2) is 0 Å². The molecule has 0 bridgehead atoms. The maximum absolute atomic E-state index is 5.87. The molecule has 1 aliphatic heterocycles. The fourth-order valence-electron chi connectivity index (χ4n) is 3.57. The van der Waals surface area contributed by atoms with Crippen molar-refractivity contribution in [2.24, 2.45) is 11.3 Å². The van der Waals surface area contributed by atoms with Crippen molar-refractivity contribution in [1.82, 2.24) is 10.2 Å². The van der Waals surface area contributed by atoms with Gasteiger partial charge in [-0.2, -0.15) is 0 Å². The lowest BCUT2D eigenvalue weighted by Crippen LogP contribution is -2.50. The summed E-state index contributed by atoms with van der Waals surface area (Å²) in [5.41, 5.74) is 0.350. The summed E-state index contributed by atoms with van der Waals surface area (Å²) in [6, 6.07) is 0.804. The molecule has 1 heterocycles. The van der Waals surface area contributed by atoms with Crippen LogP contribution in [0.25, 0.3) is 0 Å². The third-order valence-electron chi connectivity index (χ3n) is 5.42. The van der Waals surface area contributed by atoms with Gasteiger partial charge in [-0.15, -0.1) is 0 Å². The van der Waals surface area contributed by atoms with Crippen molar-refractivity contribution in [1.29, 1.82) is 0 Å². The summed E-state index contributed by atoms with van der Waals surface area (Å²) in [5.74, 6) is 0.850. The van der Waals surface area contributed by atoms with Crippen LogP contribution in [0.3, 0.4) is 0 Å². The van der Waals surface area contributed by atoms with E-state index in [2.05, 4.69) is 31.0 Å². The molecule has 0 aromatic carbocycles. The van der Waals surface area contributed by atoms with E-state index in [4.69, 9.17) is 4.74 Å². The van der Waals surface area contributed by atoms with Gasteiger partial charge in [0, 0.05) is 37.7 Å². The van der Waals surface area contributed by atoms with E-state index >= 15 is 0 Å². The van der Waals surface area contributed by atoms with Gasteiger partial charge in [-0.05, 0) is 38.1 Å². The van der Waals surface area contributed by atoms with Gasteiger partial charge in [0.1, 0.15) is 0 Å². The first-order valence-corrected chi connectivity index (χ1v) is 9.25. The Kier molecular flexibility index (Phi) is 6.97. The van der Waals surface area contributed by atoms with E-state index in [9.17, 15) is 0 Å². The van der Waals surface area contributed by atoms with Crippen LogP contribution in [0.4, 0.5) is 0 Å². The minimum Gasteiger partial charge on any atom is -0.381 e. The predicted molar refractivity (Wildman–Crippen MR) is 89.7 cm³/mol. The van der Waals surface area contributed by atoms with Crippen LogP contribution in [0.15, 0.2) is 0 Å². The number of ether oxygens (including phenoxy) is 1. The number of nitrogens with one attached hydrogen (secondary N) is 1. The molecule has 1 unspecified atom stereocenters. The summed E-state index contributed by atoms with van der Waals surface area (Å²) >= 11 is 0. The van der Waals surface area contributed by atoms with E-state index in [1.165, 1.54) is 58.2 Å². The molecule has 0 radical (unpaired) electrons. The lowest BCUT2D eigenvalue weighted by Gasteiger charge is -2.41. The third kappa shape index (κ3) is 5.54. The van der Waals surface area contributed by atoms with Crippen LogP contribution in [0.1, 0.15) is 59.3 Å². The van der Waals surface area contributed by atoms with Crippen molar-refractivity contribution < 1.29 is 4.74 Å². The molecule has 1 atom stereocenters. The van der Waals surface area contributed by atoms with Crippen LogP contribution in [-0.4, -0.2) is 50.3 Å². The van der Waals surface area contributed by atoms with E-state index < -0.39 is 0 Å². The molecule has 0 aromatic rings. The standard InChI is InChI=1S/C18H36N2O/c1-4-16(5-2)12-20(6-3)14-18(10-7-11-21-15-18)13-19-17-8-9-17/h16-17,19H,4-15H2,1-3H3. The van der Waals surface area contributed by atoms with Crippen molar-refractivity contribution in [3.63, 3.8) is 0 Å². The molecule has 2 aliphatic rings. The quantitative estimate of drug-likeness (QED) is 0.669. The van der Waals surface area contributed by atoms with Crippen LogP contribution >= 0.6 is 0 Å². The summed E-state index contributed by atoms with van der Waals surface area (Å²) < 4.78 is 5.87. The summed E-state index contributed by atoms with van der Waals surface area (Å²) in [4.78, 5) is 2.68. The van der Waals surface area contributed by atoms with Crippen LogP contribution < -0.4 is 5.32 Å². The van der Waals surface area contributed by atoms with E-state index in [0.717, 1.165) is 31.7 Å². The Labute approximate surface area is 131 Å². The fraction of sp³-hybridized carbons (Fsp3) is 1.00. The SMILES string of the molecule is CCC(CC)CN(CC)CC1(CNC2CC2)CCCOC1. The first-order valence-electron chi connectivity index (χ1n) is 9.25. The normalized spacial score (nSPS) is 26.7. The van der Waals surface area contributed by atoms with E-state index in [0.29, 0.717) is 5.41 Å². The lowest BCUT2D eigenvalue weighted by molar-refractivity contribution is -0.0278. The zero-order valence-corrected chi connectivity index (χ0v) is 14.5. The predicted octanol–water partition coefficient (Wildman–Crippen LogP) is 3.29. The van der Waals surface area contributed by atoms with Gasteiger partial charge in [-0.3, -0.25) is 0 Å². The Morgan fingerprint density at radius 2 is 2.00 bits per heavy atom. The first-order chi connectivity index (χ1) is 10.2. The van der Waals surface area contributed by atoms with Crippen molar-refractivity contribution in [2.75, 3.05) is 39.4 Å². The van der Waals surface area contributed by atoms with Gasteiger partial charge >= 0.3 is 0 Å². The topological polar surface area (TPSA) is 24.5 Å². The van der Waals surface area contributed by atoms with Crippen molar-refractivity contribution in [3.8, 4) is 0 Å². The van der Waals surface area contributed by atoms with Crippen LogP contribution in [-0.2, 0) is 4.74 Å². The maximum Gasteiger partial charge on any atom is 0.0546 e. The Balaban J connectivity index is 1.90. The second-order valence-electron chi connectivity index (χ2n) is 7.32. The monoisotopic (exact) mass is 296 g/mol. The van der Waals surface area contributed by atoms with Crippen molar-refractivity contribution in [2.45, 2.75) is 65.3 Å². The molecule has 3 heteroatoms. The van der Waals surface area contributed by atoms with E-state index in [1.807, 2.05) is 0 Å². The first kappa shape index (κ1) is 17.2. The zero-order valence-electron chi connectivity index (χ0n) is 14.5. The fourth-order valence-corrected chi connectivity index (χ4v) is 3.57. The van der Waals surface area contributed by atoms with E-state index in [1.54, 1.807) is 0 Å². The second-order valence-corrected chi connectivity index (χ2v) is 7.32. The molecule has 0 amide bonds. The summed E-state index contributed by atoms with van der Waals surface area (Å²) in [6.45, 7) is 13.7. The van der Waals surface area contributed by atoms with Gasteiger partial charge in [-0.1, -0.05) is 33.6 Å². The third-order valence-corrected chi connectivity index (χ3v) is 5.42. The number of rotatable bonds is 10. The van der Waals surface area contributed by atoms with Gasteiger partial charge in [0.05, 0.1) is 6.61 Å². The minimum absolute atomic E-state index is 0.350. The summed E-state index contributed by atoms with van der Waals surface area (Å²) in [5, 5.41) is 3.77. The Morgan fingerprint density at radius 1 is 1.24 bits per heavy atom. The Morgan fingerprint density at radius 3 is 2.52 bits per heavy atom. The highest BCUT2D eigenvalue weighted by Gasteiger charge is 2.36. The highest BCUT2D eigenvalue weighted by Crippen LogP contribution is 2.31. The number of nitrogens with zero attached hydrogens (tertiary/aromatic N) is 1. The number of hydrogen-bond acceptors (Lipinski definition) is 3. The maximum atomic E-state index is 5.87. The molecule has 21 heavy (non-hydrogen) atoms. The average molecular weight is 296 g/mol. The molecule has 2 fully saturated rings. The Bertz CT molecular complexity index is 281. The molecule has 1 aliphatic carbocycles. The largest absolute Gasteiger partial charge is 0.381 e.